The second kappa shape index (κ2) is 21.3. The molecule has 0 aliphatic rings. The Kier molecular flexibility index (Phi) is 16.3. The fourth-order valence-electron chi connectivity index (χ4n) is 4.87. The molecule has 0 saturated heterocycles. The van der Waals surface area contributed by atoms with Crippen LogP contribution < -0.4 is 0 Å². The molecule has 9 aromatic rings. The molecule has 0 saturated carbocycles. The van der Waals surface area contributed by atoms with Crippen LogP contribution in [0.15, 0.2) is 137 Å². The minimum Gasteiger partial charge on any atom is -0.258 e. The molecule has 0 aliphatic heterocycles. The van der Waals surface area contributed by atoms with Crippen molar-refractivity contribution in [3.63, 3.8) is 0 Å². The fourth-order valence-corrected chi connectivity index (χ4v) is 7.18. The van der Waals surface area contributed by atoms with Gasteiger partial charge in [0.15, 0.2) is 17.5 Å². The van der Waals surface area contributed by atoms with Crippen LogP contribution in [0.25, 0.3) is 68.7 Å². The third-order valence-corrected chi connectivity index (χ3v) is 10.1. The first-order valence-corrected chi connectivity index (χ1v) is 20.9. The molecule has 15 nitrogen and oxygen atoms in total. The molecular weight excluding hydrogens is 1270 g/mol. The van der Waals surface area contributed by atoms with Gasteiger partial charge in [-0.25, -0.2) is 29.9 Å². The number of nitrogens with zero attached hydrogens (tertiary/aromatic N) is 12. The van der Waals surface area contributed by atoms with E-state index < -0.39 is 0 Å². The Morgan fingerprint density at radius 1 is 0.310 bits per heavy atom. The zero-order valence-electron chi connectivity index (χ0n) is 28.9. The first kappa shape index (κ1) is 44.3. The third kappa shape index (κ3) is 12.2. The number of pyridine rings is 6. The van der Waals surface area contributed by atoms with E-state index in [4.69, 9.17) is 0 Å². The molecule has 9 heterocycles. The van der Waals surface area contributed by atoms with Gasteiger partial charge in [0.05, 0.1) is 34.2 Å². The van der Waals surface area contributed by atoms with Gasteiger partial charge in [0.25, 0.3) is 0 Å². The molecule has 0 amide bonds. The zero-order valence-corrected chi connectivity index (χ0v) is 40.8. The van der Waals surface area contributed by atoms with Crippen molar-refractivity contribution in [3.8, 4) is 68.7 Å². The summed E-state index contributed by atoms with van der Waals surface area (Å²) in [6, 6.07) is 22.7. The summed E-state index contributed by atoms with van der Waals surface area (Å²) in [6.45, 7) is 0. The maximum atomic E-state index is 4.54. The molecule has 0 aromatic carbocycles. The number of H-pyrrole nitrogens is 3. The van der Waals surface area contributed by atoms with Crippen LogP contribution in [0.5, 0.6) is 0 Å². The summed E-state index contributed by atoms with van der Waals surface area (Å²) >= 11 is 20.7. The van der Waals surface area contributed by atoms with Crippen LogP contribution in [0.1, 0.15) is 0 Å². The van der Waals surface area contributed by atoms with Crippen molar-refractivity contribution in [1.82, 2.24) is 75.4 Å². The minimum atomic E-state index is 0. The second-order valence-electron chi connectivity index (χ2n) is 11.2. The van der Waals surface area contributed by atoms with Crippen molar-refractivity contribution < 1.29 is 49.4 Å². The molecule has 0 atom stereocenters. The topological polar surface area (TPSA) is 202 Å². The molecule has 0 spiro atoms. The Morgan fingerprint density at radius 2 is 0.569 bits per heavy atom. The van der Waals surface area contributed by atoms with Gasteiger partial charge < -0.3 is 0 Å². The van der Waals surface area contributed by atoms with Gasteiger partial charge in [-0.3, -0.25) is 30.2 Å². The van der Waals surface area contributed by atoms with E-state index in [0.29, 0.717) is 34.6 Å². The maximum Gasteiger partial charge on any atom is 0.174 e. The van der Waals surface area contributed by atoms with Gasteiger partial charge in [-0.2, -0.15) is 15.3 Å². The molecule has 58 heavy (non-hydrogen) atoms. The van der Waals surface area contributed by atoms with Crippen molar-refractivity contribution >= 4 is 95.6 Å². The van der Waals surface area contributed by atoms with Gasteiger partial charge in [-0.05, 0) is 72.8 Å². The zero-order chi connectivity index (χ0) is 39.7. The average Bonchev–Trinajstić information content (AvgIpc) is 4.03. The number of nitrogens with one attached hydrogen (secondary N) is 3. The van der Waals surface area contributed by atoms with E-state index in [0.717, 1.165) is 61.0 Å². The first-order chi connectivity index (χ1) is 27.7. The molecule has 0 aliphatic carbocycles. The molecule has 1 radical (unpaired) electrons. The van der Waals surface area contributed by atoms with Gasteiger partial charge in [-0.15, -0.1) is 0 Å². The predicted octanol–water partition coefficient (Wildman–Crippen LogP) is 10.4. The average molecular weight is 1300 g/mol. The van der Waals surface area contributed by atoms with E-state index in [1.807, 2.05) is 72.8 Å². The Labute approximate surface area is 420 Å². The van der Waals surface area contributed by atoms with Gasteiger partial charge in [0, 0.05) is 94.8 Å². The molecular formula is C36H21Br6EuN15. The van der Waals surface area contributed by atoms with E-state index >= 15 is 0 Å². The van der Waals surface area contributed by atoms with Crippen LogP contribution in [0.2, 0.25) is 0 Å². The largest absolute Gasteiger partial charge is 0.258 e. The van der Waals surface area contributed by atoms with Gasteiger partial charge >= 0.3 is 0 Å². The summed E-state index contributed by atoms with van der Waals surface area (Å²) in [5.74, 6) is 1.87. The molecule has 0 unspecified atom stereocenters. The molecule has 22 heteroatoms. The second-order valence-corrected chi connectivity index (χ2v) is 16.7. The first-order valence-electron chi connectivity index (χ1n) is 16.1. The van der Waals surface area contributed by atoms with E-state index in [-0.39, 0.29) is 49.4 Å². The van der Waals surface area contributed by atoms with Crippen molar-refractivity contribution in [2.45, 2.75) is 0 Å². The summed E-state index contributed by atoms with van der Waals surface area (Å²) in [5.41, 5.74) is 6.80. The van der Waals surface area contributed by atoms with E-state index in [2.05, 4.69) is 171 Å². The van der Waals surface area contributed by atoms with Crippen molar-refractivity contribution in [2.75, 3.05) is 0 Å². The van der Waals surface area contributed by atoms with Crippen LogP contribution in [0.3, 0.4) is 0 Å². The standard InChI is InChI=1S/3C12H7Br2N5.Eu/c3*13-7-1-2-15-9(3-7)10-4-8(14)5-11(18-10)12-16-6-17-19-12;/h3*1-6H,(H,16,17,19);. The third-order valence-electron chi connectivity index (χ3n) is 7.30. The number of aromatic nitrogens is 15. The summed E-state index contributed by atoms with van der Waals surface area (Å²) < 4.78 is 5.60. The Hall–Kier alpha value is -3.22. The molecule has 289 valence electrons. The van der Waals surface area contributed by atoms with Crippen molar-refractivity contribution in [1.29, 1.82) is 0 Å². The Bertz CT molecular complexity index is 2440. The summed E-state index contributed by atoms with van der Waals surface area (Å²) in [6.07, 6.45) is 9.56. The predicted molar refractivity (Wildman–Crippen MR) is 235 cm³/mol. The van der Waals surface area contributed by atoms with Gasteiger partial charge in [0.1, 0.15) is 36.1 Å². The molecule has 9 aromatic heterocycles. The number of aromatic amines is 3. The van der Waals surface area contributed by atoms with E-state index in [1.54, 1.807) is 18.6 Å². The van der Waals surface area contributed by atoms with Gasteiger partial charge in [-0.1, -0.05) is 95.6 Å². The summed E-state index contributed by atoms with van der Waals surface area (Å²) in [7, 11) is 0. The Balaban J connectivity index is 0.000000145. The quantitative estimate of drug-likeness (QED) is 0.142. The number of halogens is 6. The number of hydrogen-bond acceptors (Lipinski definition) is 12. The van der Waals surface area contributed by atoms with Crippen LogP contribution in [0, 0.1) is 49.4 Å². The van der Waals surface area contributed by atoms with Gasteiger partial charge in [0.2, 0.25) is 0 Å². The fraction of sp³-hybridized carbons (Fsp3) is 0. The summed E-state index contributed by atoms with van der Waals surface area (Å²) in [5, 5.41) is 19.9. The van der Waals surface area contributed by atoms with Crippen LogP contribution in [-0.2, 0) is 0 Å². The smallest absolute Gasteiger partial charge is 0.174 e. The monoisotopic (exact) mass is 1290 g/mol. The van der Waals surface area contributed by atoms with Crippen LogP contribution in [0.4, 0.5) is 0 Å². The molecule has 3 N–H and O–H groups in total. The van der Waals surface area contributed by atoms with Crippen LogP contribution in [-0.4, -0.2) is 75.4 Å². The summed E-state index contributed by atoms with van der Waals surface area (Å²) in [4.78, 5) is 38.9. The number of hydrogen-bond donors (Lipinski definition) is 3. The van der Waals surface area contributed by atoms with E-state index in [9.17, 15) is 0 Å². The van der Waals surface area contributed by atoms with E-state index in [1.165, 1.54) is 19.0 Å². The maximum absolute atomic E-state index is 4.54. The molecule has 0 bridgehead atoms. The van der Waals surface area contributed by atoms with Crippen molar-refractivity contribution in [2.24, 2.45) is 0 Å². The van der Waals surface area contributed by atoms with Crippen LogP contribution >= 0.6 is 95.6 Å². The molecule has 9 rings (SSSR count). The van der Waals surface area contributed by atoms with Crippen molar-refractivity contribution in [3.05, 3.63) is 137 Å². The minimum absolute atomic E-state index is 0. The Morgan fingerprint density at radius 3 is 0.810 bits per heavy atom. The normalized spacial score (nSPS) is 10.4. The SMILES string of the molecule is Brc1ccnc(-c2cc(Br)cc(-c3ncn[nH]3)n2)c1.Brc1ccnc(-c2cc(Br)cc(-c3ncn[nH]3)n2)c1.Brc1ccnc(-c2cc(Br)cc(-c3ncn[nH]3)n2)c1.[Eu]. The molecule has 0 fully saturated rings. The number of rotatable bonds is 6.